The van der Waals surface area contributed by atoms with Crippen LogP contribution in [0.25, 0.3) is 11.1 Å². The van der Waals surface area contributed by atoms with Crippen LogP contribution >= 0.6 is 0 Å². The number of aliphatic carboxylic acids is 1. The molecule has 0 saturated carbocycles. The highest BCUT2D eigenvalue weighted by Gasteiger charge is 2.29. The van der Waals surface area contributed by atoms with Crippen molar-refractivity contribution >= 4 is 18.0 Å². The molecule has 4 N–H and O–H groups in total. The molecule has 1 heterocycles. The van der Waals surface area contributed by atoms with Crippen molar-refractivity contribution in [2.75, 3.05) is 13.2 Å². The minimum Gasteiger partial charge on any atom is -0.479 e. The van der Waals surface area contributed by atoms with Crippen LogP contribution in [0.4, 0.5) is 4.79 Å². The number of carboxylic acid groups (broad SMARTS) is 1. The van der Waals surface area contributed by atoms with Gasteiger partial charge in [0.15, 0.2) is 17.6 Å². The van der Waals surface area contributed by atoms with Crippen molar-refractivity contribution in [3.05, 3.63) is 77.2 Å². The van der Waals surface area contributed by atoms with Crippen molar-refractivity contribution < 1.29 is 33.9 Å². The van der Waals surface area contributed by atoms with E-state index in [1.165, 1.54) is 6.07 Å². The maximum atomic E-state index is 12.2. The molecule has 2 amide bonds. The van der Waals surface area contributed by atoms with Crippen LogP contribution < -0.4 is 10.6 Å². The molecule has 0 radical (unpaired) electrons. The summed E-state index contributed by atoms with van der Waals surface area (Å²) in [6.07, 6.45) is -2.38. The van der Waals surface area contributed by atoms with E-state index in [1.807, 2.05) is 48.5 Å². The van der Waals surface area contributed by atoms with E-state index in [0.717, 1.165) is 22.3 Å². The Hall–Kier alpha value is -4.18. The Bertz CT molecular complexity index is 1140. The first-order chi connectivity index (χ1) is 15.9. The number of amides is 2. The molecule has 1 aromatic heterocycles. The predicted octanol–water partition coefficient (Wildman–Crippen LogP) is 1.89. The van der Waals surface area contributed by atoms with E-state index in [9.17, 15) is 19.5 Å². The number of aromatic nitrogens is 1. The topological polar surface area (TPSA) is 151 Å². The standard InChI is InChI=1S/C23H21N3O7/c27-20(22(29)30)11-24-21(28)19-9-13(33-26-19)10-25-23(31)32-12-18-16-7-3-1-5-14(16)15-6-2-4-8-17(15)18/h1-9,18,20,27H,10-12H2,(H,24,28)(H,25,31)(H,29,30)/t20-/m0/s1. The van der Waals surface area contributed by atoms with Gasteiger partial charge in [0, 0.05) is 12.0 Å². The van der Waals surface area contributed by atoms with Gasteiger partial charge in [0.1, 0.15) is 6.61 Å². The van der Waals surface area contributed by atoms with Gasteiger partial charge in [-0.3, -0.25) is 4.79 Å². The molecule has 0 aliphatic heterocycles. The van der Waals surface area contributed by atoms with Crippen molar-refractivity contribution in [3.63, 3.8) is 0 Å². The van der Waals surface area contributed by atoms with Crippen LogP contribution in [-0.4, -0.2) is 52.6 Å². The van der Waals surface area contributed by atoms with Gasteiger partial charge >= 0.3 is 12.1 Å². The fourth-order valence-electron chi connectivity index (χ4n) is 3.68. The molecular formula is C23H21N3O7. The smallest absolute Gasteiger partial charge is 0.407 e. The Balaban J connectivity index is 1.29. The van der Waals surface area contributed by atoms with Crippen LogP contribution in [0.2, 0.25) is 0 Å². The third kappa shape index (κ3) is 4.85. The molecule has 10 heteroatoms. The summed E-state index contributed by atoms with van der Waals surface area (Å²) in [5.41, 5.74) is 4.35. The minimum absolute atomic E-state index is 0.0608. The van der Waals surface area contributed by atoms with Gasteiger partial charge in [-0.05, 0) is 22.3 Å². The van der Waals surface area contributed by atoms with Gasteiger partial charge in [0.05, 0.1) is 13.1 Å². The zero-order chi connectivity index (χ0) is 23.4. The van der Waals surface area contributed by atoms with Crippen LogP contribution in [0, 0.1) is 0 Å². The van der Waals surface area contributed by atoms with Crippen LogP contribution in [0.5, 0.6) is 0 Å². The monoisotopic (exact) mass is 451 g/mol. The average Bonchev–Trinajstić information content (AvgIpc) is 3.42. The Morgan fingerprint density at radius 1 is 1.03 bits per heavy atom. The van der Waals surface area contributed by atoms with Crippen molar-refractivity contribution in [3.8, 4) is 11.1 Å². The number of benzene rings is 2. The highest BCUT2D eigenvalue weighted by molar-refractivity contribution is 5.92. The summed E-state index contributed by atoms with van der Waals surface area (Å²) in [6.45, 7) is -0.376. The first-order valence-electron chi connectivity index (χ1n) is 10.2. The second kappa shape index (κ2) is 9.53. The number of aliphatic hydroxyl groups is 1. The number of carboxylic acids is 1. The second-order valence-corrected chi connectivity index (χ2v) is 7.42. The van der Waals surface area contributed by atoms with E-state index in [0.29, 0.717) is 0 Å². The lowest BCUT2D eigenvalue weighted by atomic mass is 9.98. The zero-order valence-corrected chi connectivity index (χ0v) is 17.4. The lowest BCUT2D eigenvalue weighted by Crippen LogP contribution is -2.36. The van der Waals surface area contributed by atoms with Crippen LogP contribution in [0.1, 0.15) is 33.3 Å². The second-order valence-electron chi connectivity index (χ2n) is 7.42. The van der Waals surface area contributed by atoms with Gasteiger partial charge in [0.2, 0.25) is 0 Å². The molecule has 1 atom stereocenters. The largest absolute Gasteiger partial charge is 0.479 e. The van der Waals surface area contributed by atoms with Crippen molar-refractivity contribution in [1.29, 1.82) is 0 Å². The maximum absolute atomic E-state index is 12.2. The van der Waals surface area contributed by atoms with Crippen LogP contribution in [-0.2, 0) is 16.1 Å². The van der Waals surface area contributed by atoms with E-state index in [2.05, 4.69) is 15.8 Å². The highest BCUT2D eigenvalue weighted by Crippen LogP contribution is 2.44. The fraction of sp³-hybridized carbons (Fsp3) is 0.217. The van der Waals surface area contributed by atoms with Gasteiger partial charge in [-0.15, -0.1) is 0 Å². The number of nitrogens with zero attached hydrogens (tertiary/aromatic N) is 1. The highest BCUT2D eigenvalue weighted by atomic mass is 16.5. The van der Waals surface area contributed by atoms with E-state index in [4.69, 9.17) is 14.4 Å². The summed E-state index contributed by atoms with van der Waals surface area (Å²) >= 11 is 0. The quantitative estimate of drug-likeness (QED) is 0.405. The van der Waals surface area contributed by atoms with Crippen molar-refractivity contribution in [2.24, 2.45) is 0 Å². The summed E-state index contributed by atoms with van der Waals surface area (Å²) in [5.74, 6) is -2.04. The van der Waals surface area contributed by atoms with Crippen LogP contribution in [0.3, 0.4) is 0 Å². The molecule has 3 aromatic rings. The third-order valence-electron chi connectivity index (χ3n) is 5.28. The minimum atomic E-state index is -1.73. The molecule has 33 heavy (non-hydrogen) atoms. The zero-order valence-electron chi connectivity index (χ0n) is 17.4. The predicted molar refractivity (Wildman–Crippen MR) is 114 cm³/mol. The fourth-order valence-corrected chi connectivity index (χ4v) is 3.68. The summed E-state index contributed by atoms with van der Waals surface area (Å²) in [7, 11) is 0. The number of alkyl carbamates (subject to hydrolysis) is 1. The SMILES string of the molecule is O=C(NCc1cc(C(=O)NC[C@H](O)C(=O)O)no1)OCC1c2ccccc2-c2ccccc21. The molecule has 1 aliphatic carbocycles. The molecule has 0 fully saturated rings. The van der Waals surface area contributed by atoms with E-state index < -0.39 is 30.6 Å². The summed E-state index contributed by atoms with van der Waals surface area (Å²) < 4.78 is 10.4. The normalized spacial score (nSPS) is 13.0. The molecule has 0 unspecified atom stereocenters. The number of ether oxygens (including phenoxy) is 1. The molecule has 4 rings (SSSR count). The Morgan fingerprint density at radius 3 is 2.30 bits per heavy atom. The molecule has 2 aromatic carbocycles. The summed E-state index contributed by atoms with van der Waals surface area (Å²) in [5, 5.41) is 26.1. The van der Waals surface area contributed by atoms with E-state index in [-0.39, 0.29) is 30.5 Å². The molecule has 0 spiro atoms. The Labute approximate surface area is 188 Å². The number of carbonyl (C=O) groups excluding carboxylic acids is 2. The van der Waals surface area contributed by atoms with Gasteiger partial charge in [-0.25, -0.2) is 9.59 Å². The first kappa shape index (κ1) is 22.0. The number of fused-ring (bicyclic) bond motifs is 3. The summed E-state index contributed by atoms with van der Waals surface area (Å²) in [4.78, 5) is 34.7. The third-order valence-corrected chi connectivity index (χ3v) is 5.28. The molecule has 10 nitrogen and oxygen atoms in total. The number of hydrogen-bond acceptors (Lipinski definition) is 7. The number of nitrogens with one attached hydrogen (secondary N) is 2. The van der Waals surface area contributed by atoms with E-state index in [1.54, 1.807) is 0 Å². The Kier molecular flexibility index (Phi) is 6.36. The van der Waals surface area contributed by atoms with Crippen molar-refractivity contribution in [1.82, 2.24) is 15.8 Å². The maximum Gasteiger partial charge on any atom is 0.407 e. The van der Waals surface area contributed by atoms with Crippen molar-refractivity contribution in [2.45, 2.75) is 18.6 Å². The molecule has 1 aliphatic rings. The van der Waals surface area contributed by atoms with Crippen LogP contribution in [0.15, 0.2) is 59.1 Å². The lowest BCUT2D eigenvalue weighted by Gasteiger charge is -2.14. The number of carbonyl (C=O) groups is 3. The molecule has 0 saturated heterocycles. The number of rotatable bonds is 8. The average molecular weight is 451 g/mol. The molecule has 170 valence electrons. The summed E-state index contributed by atoms with van der Waals surface area (Å²) in [6, 6.07) is 17.3. The van der Waals surface area contributed by atoms with Gasteiger partial charge in [0.25, 0.3) is 5.91 Å². The van der Waals surface area contributed by atoms with E-state index >= 15 is 0 Å². The van der Waals surface area contributed by atoms with Gasteiger partial charge in [-0.1, -0.05) is 53.7 Å². The molecular weight excluding hydrogens is 430 g/mol. The molecule has 0 bridgehead atoms. The lowest BCUT2D eigenvalue weighted by molar-refractivity contribution is -0.146. The first-order valence-corrected chi connectivity index (χ1v) is 10.2. The van der Waals surface area contributed by atoms with Gasteiger partial charge in [-0.2, -0.15) is 0 Å². The Morgan fingerprint density at radius 2 is 1.67 bits per heavy atom. The van der Waals surface area contributed by atoms with Gasteiger partial charge < -0.3 is 30.1 Å². The number of hydrogen-bond donors (Lipinski definition) is 4. The number of aliphatic hydroxyl groups excluding tert-OH is 1.